The molecule has 2 heterocycles. The fourth-order valence-electron chi connectivity index (χ4n) is 1.27. The van der Waals surface area contributed by atoms with Gasteiger partial charge in [-0.1, -0.05) is 0 Å². The predicted molar refractivity (Wildman–Crippen MR) is 47.3 cm³/mol. The Morgan fingerprint density at radius 1 is 1.62 bits per heavy atom. The summed E-state index contributed by atoms with van der Waals surface area (Å²) >= 11 is 0. The maximum Gasteiger partial charge on any atom is 0.137 e. The number of aryl methyl sites for hydroxylation is 1. The highest BCUT2D eigenvalue weighted by Crippen LogP contribution is 1.99. The zero-order valence-electron chi connectivity index (χ0n) is 7.49. The molecule has 72 valence electrons. The number of nitrogens with one attached hydrogen (secondary N) is 2. The summed E-state index contributed by atoms with van der Waals surface area (Å²) < 4.78 is 5.05. The maximum atomic E-state index is 5.05. The molecule has 1 aromatic heterocycles. The summed E-state index contributed by atoms with van der Waals surface area (Å²) in [6, 6.07) is 0.578. The Hall–Kier alpha value is -0.940. The Morgan fingerprint density at radius 3 is 3.15 bits per heavy atom. The van der Waals surface area contributed by atoms with Crippen LogP contribution in [0.15, 0.2) is 6.33 Å². The summed E-state index contributed by atoms with van der Waals surface area (Å²) in [5.74, 6) is 0.964. The Balaban J connectivity index is 1.53. The molecule has 5 heteroatoms. The molecule has 0 radical (unpaired) electrons. The fraction of sp³-hybridized carbons (Fsp3) is 0.750. The minimum absolute atomic E-state index is 0.578. The van der Waals surface area contributed by atoms with Crippen molar-refractivity contribution in [1.29, 1.82) is 0 Å². The van der Waals surface area contributed by atoms with Gasteiger partial charge in [-0.15, -0.1) is 0 Å². The van der Waals surface area contributed by atoms with E-state index in [4.69, 9.17) is 4.74 Å². The van der Waals surface area contributed by atoms with Crippen molar-refractivity contribution in [3.05, 3.63) is 12.2 Å². The summed E-state index contributed by atoms with van der Waals surface area (Å²) in [7, 11) is 0. The largest absolute Gasteiger partial charge is 0.378 e. The van der Waals surface area contributed by atoms with E-state index >= 15 is 0 Å². The maximum absolute atomic E-state index is 5.05. The van der Waals surface area contributed by atoms with Crippen LogP contribution >= 0.6 is 0 Å². The lowest BCUT2D eigenvalue weighted by Crippen LogP contribution is -2.46. The smallest absolute Gasteiger partial charge is 0.137 e. The standard InChI is InChI=1S/C8H14N4O/c1(2-8-10-6-11-12-8)3-9-7-4-13-5-7/h6-7,9H,1-5H2,(H,10,11,12). The lowest BCUT2D eigenvalue weighted by molar-refractivity contribution is -0.00490. The van der Waals surface area contributed by atoms with Gasteiger partial charge in [0.25, 0.3) is 0 Å². The van der Waals surface area contributed by atoms with Crippen LogP contribution in [-0.4, -0.2) is 41.0 Å². The predicted octanol–water partition coefficient (Wildman–Crippen LogP) is -0.274. The molecule has 13 heavy (non-hydrogen) atoms. The van der Waals surface area contributed by atoms with E-state index in [2.05, 4.69) is 20.5 Å². The minimum atomic E-state index is 0.578. The van der Waals surface area contributed by atoms with E-state index in [1.807, 2.05) is 0 Å². The van der Waals surface area contributed by atoms with Crippen molar-refractivity contribution in [3.63, 3.8) is 0 Å². The molecule has 1 aliphatic heterocycles. The molecular formula is C8H14N4O. The van der Waals surface area contributed by atoms with E-state index in [1.165, 1.54) is 0 Å². The second-order valence-electron chi connectivity index (χ2n) is 3.22. The van der Waals surface area contributed by atoms with E-state index in [0.717, 1.165) is 38.4 Å². The van der Waals surface area contributed by atoms with Crippen molar-refractivity contribution < 1.29 is 4.74 Å². The van der Waals surface area contributed by atoms with Gasteiger partial charge in [0.15, 0.2) is 0 Å². The van der Waals surface area contributed by atoms with Crippen molar-refractivity contribution in [3.8, 4) is 0 Å². The van der Waals surface area contributed by atoms with Crippen molar-refractivity contribution in [2.45, 2.75) is 18.9 Å². The van der Waals surface area contributed by atoms with Gasteiger partial charge in [-0.05, 0) is 13.0 Å². The number of nitrogens with zero attached hydrogens (tertiary/aromatic N) is 2. The number of aromatic amines is 1. The van der Waals surface area contributed by atoms with Crippen LogP contribution in [0.25, 0.3) is 0 Å². The summed E-state index contributed by atoms with van der Waals surface area (Å²) in [6.45, 7) is 2.75. The third kappa shape index (κ3) is 2.50. The first-order chi connectivity index (χ1) is 6.45. The summed E-state index contributed by atoms with van der Waals surface area (Å²) in [5, 5.41) is 10.0. The topological polar surface area (TPSA) is 62.8 Å². The number of hydrogen-bond donors (Lipinski definition) is 2. The van der Waals surface area contributed by atoms with Crippen molar-refractivity contribution >= 4 is 0 Å². The van der Waals surface area contributed by atoms with Gasteiger partial charge in [-0.25, -0.2) is 4.98 Å². The van der Waals surface area contributed by atoms with Gasteiger partial charge in [0.2, 0.25) is 0 Å². The zero-order chi connectivity index (χ0) is 8.93. The van der Waals surface area contributed by atoms with Crippen LogP contribution in [0.5, 0.6) is 0 Å². The van der Waals surface area contributed by atoms with Crippen LogP contribution in [-0.2, 0) is 11.2 Å². The van der Waals surface area contributed by atoms with Gasteiger partial charge in [-0.3, -0.25) is 5.10 Å². The van der Waals surface area contributed by atoms with Crippen molar-refractivity contribution in [2.24, 2.45) is 0 Å². The molecular weight excluding hydrogens is 168 g/mol. The summed E-state index contributed by atoms with van der Waals surface area (Å²) in [6.07, 6.45) is 3.59. The van der Waals surface area contributed by atoms with Crippen molar-refractivity contribution in [2.75, 3.05) is 19.8 Å². The van der Waals surface area contributed by atoms with E-state index in [0.29, 0.717) is 6.04 Å². The molecule has 2 rings (SSSR count). The SMILES string of the molecule is c1n[nH]c(CCCNC2COC2)n1. The van der Waals surface area contributed by atoms with Crippen LogP contribution < -0.4 is 5.32 Å². The Morgan fingerprint density at radius 2 is 2.54 bits per heavy atom. The summed E-state index contributed by atoms with van der Waals surface area (Å²) in [4.78, 5) is 4.05. The molecule has 1 aromatic rings. The average Bonchev–Trinajstić information content (AvgIpc) is 2.53. The minimum Gasteiger partial charge on any atom is -0.378 e. The van der Waals surface area contributed by atoms with Crippen LogP contribution in [0.4, 0.5) is 0 Å². The molecule has 5 nitrogen and oxygen atoms in total. The first-order valence-corrected chi connectivity index (χ1v) is 4.60. The lowest BCUT2D eigenvalue weighted by atomic mass is 10.2. The number of rotatable bonds is 5. The summed E-state index contributed by atoms with van der Waals surface area (Å²) in [5.41, 5.74) is 0. The molecule has 1 saturated heterocycles. The van der Waals surface area contributed by atoms with Crippen LogP contribution in [0, 0.1) is 0 Å². The highest BCUT2D eigenvalue weighted by Gasteiger charge is 2.16. The molecule has 1 aliphatic rings. The normalized spacial score (nSPS) is 17.2. The first kappa shape index (κ1) is 8.65. The molecule has 0 aliphatic carbocycles. The molecule has 0 saturated carbocycles. The Kier molecular flexibility index (Phi) is 2.89. The van der Waals surface area contributed by atoms with Gasteiger partial charge < -0.3 is 10.1 Å². The molecule has 0 bridgehead atoms. The van der Waals surface area contributed by atoms with E-state index < -0.39 is 0 Å². The second-order valence-corrected chi connectivity index (χ2v) is 3.22. The van der Waals surface area contributed by atoms with Crippen LogP contribution in [0.2, 0.25) is 0 Å². The monoisotopic (exact) mass is 182 g/mol. The van der Waals surface area contributed by atoms with Crippen molar-refractivity contribution in [1.82, 2.24) is 20.5 Å². The van der Waals surface area contributed by atoms with Gasteiger partial charge in [0.05, 0.1) is 19.3 Å². The number of H-pyrrole nitrogens is 1. The van der Waals surface area contributed by atoms with E-state index in [1.54, 1.807) is 6.33 Å². The van der Waals surface area contributed by atoms with Crippen LogP contribution in [0.1, 0.15) is 12.2 Å². The molecule has 0 amide bonds. The van der Waals surface area contributed by atoms with Gasteiger partial charge in [0.1, 0.15) is 12.2 Å². The average molecular weight is 182 g/mol. The lowest BCUT2D eigenvalue weighted by Gasteiger charge is -2.26. The van der Waals surface area contributed by atoms with Gasteiger partial charge in [0, 0.05) is 6.42 Å². The molecule has 1 fully saturated rings. The van der Waals surface area contributed by atoms with Crippen LogP contribution in [0.3, 0.4) is 0 Å². The van der Waals surface area contributed by atoms with Gasteiger partial charge in [-0.2, -0.15) is 5.10 Å². The number of aromatic nitrogens is 3. The highest BCUT2D eigenvalue weighted by atomic mass is 16.5. The number of ether oxygens (including phenoxy) is 1. The Labute approximate surface area is 76.9 Å². The third-order valence-electron chi connectivity index (χ3n) is 2.13. The Bertz CT molecular complexity index is 232. The molecule has 0 aromatic carbocycles. The zero-order valence-corrected chi connectivity index (χ0v) is 7.49. The molecule has 0 atom stereocenters. The fourth-order valence-corrected chi connectivity index (χ4v) is 1.27. The van der Waals surface area contributed by atoms with Gasteiger partial charge >= 0.3 is 0 Å². The number of hydrogen-bond acceptors (Lipinski definition) is 4. The molecule has 0 spiro atoms. The first-order valence-electron chi connectivity index (χ1n) is 4.60. The molecule has 2 N–H and O–H groups in total. The van der Waals surface area contributed by atoms with E-state index in [9.17, 15) is 0 Å². The quantitative estimate of drug-likeness (QED) is 0.615. The molecule has 0 unspecified atom stereocenters. The van der Waals surface area contributed by atoms with E-state index in [-0.39, 0.29) is 0 Å². The second kappa shape index (κ2) is 4.34. The highest BCUT2D eigenvalue weighted by molar-refractivity contribution is 4.80. The third-order valence-corrected chi connectivity index (χ3v) is 2.13.